The molecule has 0 radical (unpaired) electrons. The van der Waals surface area contributed by atoms with E-state index in [0.29, 0.717) is 0 Å². The topological polar surface area (TPSA) is 12.9 Å². The highest BCUT2D eigenvalue weighted by molar-refractivity contribution is 14.1. The molecule has 0 bridgehead atoms. The highest BCUT2D eigenvalue weighted by Crippen LogP contribution is 2.25. The Balaban J connectivity index is 3.25. The fraction of sp³-hybridized carbons (Fsp3) is 0.286. The Kier molecular flexibility index (Phi) is 3.96. The van der Waals surface area contributed by atoms with E-state index >= 15 is 0 Å². The lowest BCUT2D eigenvalue weighted by molar-refractivity contribution is 0.144. The Morgan fingerprint density at radius 2 is 2.15 bits per heavy atom. The van der Waals surface area contributed by atoms with Crippen molar-refractivity contribution >= 4 is 38.5 Å². The summed E-state index contributed by atoms with van der Waals surface area (Å²) in [6.07, 6.45) is -2.67. The molecule has 0 unspecified atom stereocenters. The van der Waals surface area contributed by atoms with E-state index in [9.17, 15) is 13.2 Å². The number of alkyl halides is 3. The average Bonchev–Trinajstić information content (AvgIpc) is 2.08. The van der Waals surface area contributed by atoms with Gasteiger partial charge in [-0.05, 0) is 34.2 Å². The van der Waals surface area contributed by atoms with Crippen molar-refractivity contribution in [3.8, 4) is 0 Å². The molecule has 1 nitrogen and oxygen atoms in total. The van der Waals surface area contributed by atoms with E-state index < -0.39 is 12.2 Å². The van der Waals surface area contributed by atoms with E-state index in [4.69, 9.17) is 0 Å². The van der Waals surface area contributed by atoms with E-state index in [0.717, 1.165) is 6.07 Å². The molecule has 0 N–H and O–H groups in total. The molecule has 0 amide bonds. The summed E-state index contributed by atoms with van der Waals surface area (Å²) in [6.45, 7) is 0. The van der Waals surface area contributed by atoms with Gasteiger partial charge >= 0.3 is 0 Å². The third-order valence-corrected chi connectivity index (χ3v) is 2.76. The molecule has 1 aromatic rings. The summed E-state index contributed by atoms with van der Waals surface area (Å²) in [5, 5.41) is 0.174. The Morgan fingerprint density at radius 1 is 1.54 bits per heavy atom. The molecule has 0 aliphatic carbocycles. The van der Waals surface area contributed by atoms with Crippen LogP contribution in [-0.4, -0.2) is 4.98 Å². The van der Waals surface area contributed by atoms with Gasteiger partial charge in [-0.25, -0.2) is 18.2 Å². The first-order valence-corrected chi connectivity index (χ1v) is 5.45. The molecule has 6 heteroatoms. The van der Waals surface area contributed by atoms with Crippen LogP contribution < -0.4 is 0 Å². The van der Waals surface area contributed by atoms with Gasteiger partial charge in [0.05, 0.1) is 0 Å². The van der Waals surface area contributed by atoms with Gasteiger partial charge in [0.15, 0.2) is 5.82 Å². The third-order valence-electron chi connectivity index (χ3n) is 1.40. The van der Waals surface area contributed by atoms with Crippen molar-refractivity contribution in [3.63, 3.8) is 0 Å². The van der Waals surface area contributed by atoms with Crippen molar-refractivity contribution < 1.29 is 13.2 Å². The number of pyridine rings is 1. The van der Waals surface area contributed by atoms with E-state index in [-0.39, 0.29) is 20.3 Å². The zero-order valence-corrected chi connectivity index (χ0v) is 9.94. The highest BCUT2D eigenvalue weighted by Gasteiger charge is 2.16. The summed E-state index contributed by atoms with van der Waals surface area (Å²) >= 11 is 4.57. The minimum atomic E-state index is -2.67. The Morgan fingerprint density at radius 3 is 2.62 bits per heavy atom. The third kappa shape index (κ3) is 2.55. The fourth-order valence-electron chi connectivity index (χ4n) is 0.813. The maximum absolute atomic E-state index is 12.9. The summed E-state index contributed by atoms with van der Waals surface area (Å²) in [6, 6.07) is 1.07. The second kappa shape index (κ2) is 4.59. The summed E-state index contributed by atoms with van der Waals surface area (Å²) in [5.41, 5.74) is -0.171. The summed E-state index contributed by atoms with van der Waals surface area (Å²) in [4.78, 5) is 3.47. The minimum Gasteiger partial charge on any atom is -0.237 e. The van der Waals surface area contributed by atoms with Crippen LogP contribution in [-0.2, 0) is 5.33 Å². The Hall–Kier alpha value is 0.150. The van der Waals surface area contributed by atoms with Crippen LogP contribution in [0.1, 0.15) is 17.7 Å². The quantitative estimate of drug-likeness (QED) is 0.443. The van der Waals surface area contributed by atoms with E-state index in [2.05, 4.69) is 20.9 Å². The minimum absolute atomic E-state index is 0.0300. The van der Waals surface area contributed by atoms with Crippen molar-refractivity contribution in [2.45, 2.75) is 11.8 Å². The number of rotatable bonds is 2. The van der Waals surface area contributed by atoms with Crippen LogP contribution in [0.2, 0.25) is 0 Å². The maximum Gasteiger partial charge on any atom is 0.280 e. The van der Waals surface area contributed by atoms with E-state index in [1.165, 1.54) is 0 Å². The molecule has 1 heterocycles. The summed E-state index contributed by atoms with van der Waals surface area (Å²) in [7, 11) is 0. The van der Waals surface area contributed by atoms with Gasteiger partial charge in [-0.15, -0.1) is 0 Å². The predicted molar refractivity (Wildman–Crippen MR) is 54.5 cm³/mol. The molecule has 0 saturated heterocycles. The average molecular weight is 366 g/mol. The molecule has 0 spiro atoms. The van der Waals surface area contributed by atoms with Crippen LogP contribution in [0.25, 0.3) is 0 Å². The lowest BCUT2D eigenvalue weighted by atomic mass is 10.2. The van der Waals surface area contributed by atoms with Crippen molar-refractivity contribution in [2.24, 2.45) is 0 Å². The monoisotopic (exact) mass is 365 g/mol. The molecule has 1 rings (SSSR count). The van der Waals surface area contributed by atoms with Crippen molar-refractivity contribution in [1.82, 2.24) is 4.98 Å². The number of halogens is 5. The van der Waals surface area contributed by atoms with Crippen LogP contribution in [0.5, 0.6) is 0 Å². The molecule has 13 heavy (non-hydrogen) atoms. The highest BCUT2D eigenvalue weighted by atomic mass is 127. The lowest BCUT2D eigenvalue weighted by Crippen LogP contribution is -2.01. The molecule has 0 aromatic carbocycles. The molecule has 1 aromatic heterocycles. The lowest BCUT2D eigenvalue weighted by Gasteiger charge is -2.06. The van der Waals surface area contributed by atoms with E-state index in [1.807, 2.05) is 0 Å². The molecule has 0 aliphatic rings. The molecule has 0 saturated carbocycles. The first kappa shape index (κ1) is 11.2. The smallest absolute Gasteiger partial charge is 0.237 e. The van der Waals surface area contributed by atoms with Gasteiger partial charge in [-0.2, -0.15) is 0 Å². The van der Waals surface area contributed by atoms with Gasteiger partial charge < -0.3 is 0 Å². The van der Waals surface area contributed by atoms with Crippen molar-refractivity contribution in [1.29, 1.82) is 0 Å². The fourth-order valence-corrected chi connectivity index (χ4v) is 1.68. The Labute approximate surface area is 95.0 Å². The first-order chi connectivity index (χ1) is 6.06. The molecule has 72 valence electrons. The molecule has 0 aliphatic heterocycles. The normalized spacial score (nSPS) is 10.9. The van der Waals surface area contributed by atoms with Gasteiger partial charge in [0.1, 0.15) is 9.39 Å². The zero-order valence-electron chi connectivity index (χ0n) is 6.20. The van der Waals surface area contributed by atoms with Crippen LogP contribution in [0.3, 0.4) is 0 Å². The van der Waals surface area contributed by atoms with Gasteiger partial charge in [-0.1, -0.05) is 15.9 Å². The number of hydrogen-bond donors (Lipinski definition) is 0. The van der Waals surface area contributed by atoms with Gasteiger partial charge in [-0.3, -0.25) is 0 Å². The summed E-state index contributed by atoms with van der Waals surface area (Å²) in [5.74, 6) is -0.570. The Bertz CT molecular complexity index is 319. The number of aromatic nitrogens is 1. The molecule has 0 fully saturated rings. The van der Waals surface area contributed by atoms with Crippen molar-refractivity contribution in [2.75, 3.05) is 0 Å². The molecular weight excluding hydrogens is 362 g/mol. The van der Waals surface area contributed by atoms with E-state index in [1.54, 1.807) is 22.6 Å². The second-order valence-corrected chi connectivity index (χ2v) is 3.82. The second-order valence-electron chi connectivity index (χ2n) is 2.24. The van der Waals surface area contributed by atoms with Gasteiger partial charge in [0, 0.05) is 5.33 Å². The SMILES string of the molecule is Fc1cc(CBr)c(C(F)F)nc1I. The van der Waals surface area contributed by atoms with Gasteiger partial charge in [0.2, 0.25) is 0 Å². The maximum atomic E-state index is 12.9. The number of nitrogens with zero attached hydrogens (tertiary/aromatic N) is 1. The number of hydrogen-bond acceptors (Lipinski definition) is 1. The van der Waals surface area contributed by atoms with Crippen LogP contribution in [0, 0.1) is 9.52 Å². The largest absolute Gasteiger partial charge is 0.280 e. The molecular formula is C7H4BrF3IN. The van der Waals surface area contributed by atoms with Crippen molar-refractivity contribution in [3.05, 3.63) is 26.8 Å². The first-order valence-electron chi connectivity index (χ1n) is 3.25. The van der Waals surface area contributed by atoms with Crippen LogP contribution >= 0.6 is 38.5 Å². The van der Waals surface area contributed by atoms with Gasteiger partial charge in [0.25, 0.3) is 6.43 Å². The predicted octanol–water partition coefficient (Wildman–Crippen LogP) is 3.66. The standard InChI is InChI=1S/C7H4BrF3IN/c8-2-3-1-4(9)7(12)13-5(3)6(10)11/h1,6H,2H2. The zero-order chi connectivity index (χ0) is 10.0. The van der Waals surface area contributed by atoms with Crippen LogP contribution in [0.4, 0.5) is 13.2 Å². The molecule has 0 atom stereocenters. The van der Waals surface area contributed by atoms with Crippen LogP contribution in [0.15, 0.2) is 6.07 Å². The summed E-state index contributed by atoms with van der Waals surface area (Å²) < 4.78 is 37.5.